The predicted octanol–water partition coefficient (Wildman–Crippen LogP) is 2.42. The third-order valence-corrected chi connectivity index (χ3v) is 4.81. The second-order valence-corrected chi connectivity index (χ2v) is 6.64. The number of H-pyrrole nitrogens is 1. The van der Waals surface area contributed by atoms with Gasteiger partial charge in [0, 0.05) is 42.2 Å². The smallest absolute Gasteiger partial charge is 0.343 e. The van der Waals surface area contributed by atoms with E-state index in [0.29, 0.717) is 35.7 Å². The molecule has 1 aliphatic rings. The highest BCUT2D eigenvalue weighted by molar-refractivity contribution is 7.98. The number of fused-ring (bicyclic) bond motifs is 1. The number of ether oxygens (including phenoxy) is 3. The molecule has 0 unspecified atom stereocenters. The number of nitrogens with zero attached hydrogens (tertiary/aromatic N) is 2. The summed E-state index contributed by atoms with van der Waals surface area (Å²) in [5.41, 5.74) is 1.68. The van der Waals surface area contributed by atoms with Crippen LogP contribution in [-0.2, 0) is 28.4 Å². The molecule has 2 aromatic rings. The van der Waals surface area contributed by atoms with Gasteiger partial charge in [-0.15, -0.1) is 5.10 Å². The van der Waals surface area contributed by atoms with Crippen molar-refractivity contribution in [3.05, 3.63) is 38.8 Å². The predicted molar refractivity (Wildman–Crippen MR) is 90.6 cm³/mol. The Morgan fingerprint density at radius 3 is 3.21 bits per heavy atom. The lowest BCUT2D eigenvalue weighted by Gasteiger charge is -2.21. The maximum atomic E-state index is 11.9. The monoisotopic (exact) mass is 371 g/mol. The highest BCUT2D eigenvalue weighted by Crippen LogP contribution is 2.35. The first-order valence-corrected chi connectivity index (χ1v) is 8.84. The minimum absolute atomic E-state index is 0.216. The number of hydrogen-bond donors (Lipinski definition) is 1. The van der Waals surface area contributed by atoms with Crippen molar-refractivity contribution in [3.8, 4) is 5.75 Å². The summed E-state index contributed by atoms with van der Waals surface area (Å²) in [4.78, 5) is 11.9. The topological polar surface area (TPSA) is 78.4 Å². The molecule has 0 atom stereocenters. The summed E-state index contributed by atoms with van der Waals surface area (Å²) in [6.45, 7) is 1.87. The van der Waals surface area contributed by atoms with Crippen LogP contribution >= 0.6 is 23.4 Å². The summed E-state index contributed by atoms with van der Waals surface area (Å²) < 4.78 is 17.5. The zero-order valence-electron chi connectivity index (χ0n) is 13.2. The van der Waals surface area contributed by atoms with E-state index in [0.717, 1.165) is 23.3 Å². The molecule has 1 aromatic heterocycles. The Labute approximate surface area is 148 Å². The van der Waals surface area contributed by atoms with Gasteiger partial charge in [0.15, 0.2) is 11.9 Å². The summed E-state index contributed by atoms with van der Waals surface area (Å²) >= 11 is 7.63. The van der Waals surface area contributed by atoms with Crippen LogP contribution in [0, 0.1) is 0 Å². The van der Waals surface area contributed by atoms with Crippen molar-refractivity contribution in [3.63, 3.8) is 0 Å². The van der Waals surface area contributed by atoms with E-state index >= 15 is 0 Å². The molecule has 9 heteroatoms. The molecule has 0 saturated heterocycles. The van der Waals surface area contributed by atoms with E-state index in [2.05, 4.69) is 10.2 Å². The average molecular weight is 372 g/mol. The zero-order valence-corrected chi connectivity index (χ0v) is 14.8. The maximum Gasteiger partial charge on any atom is 0.343 e. The van der Waals surface area contributed by atoms with E-state index in [1.807, 2.05) is 12.1 Å². The number of methoxy groups -OCH3 is 1. The van der Waals surface area contributed by atoms with Crippen LogP contribution in [0.3, 0.4) is 0 Å². The van der Waals surface area contributed by atoms with E-state index in [-0.39, 0.29) is 12.5 Å². The van der Waals surface area contributed by atoms with Gasteiger partial charge in [0.2, 0.25) is 0 Å². The van der Waals surface area contributed by atoms with Gasteiger partial charge in [-0.1, -0.05) is 23.4 Å². The molecular formula is C15H18ClN3O4S. The van der Waals surface area contributed by atoms with Crippen LogP contribution in [0.1, 0.15) is 17.5 Å². The van der Waals surface area contributed by atoms with E-state index in [4.69, 9.17) is 25.8 Å². The minimum atomic E-state index is -0.216. The number of hydrogen-bond acceptors (Lipinski definition) is 6. The summed E-state index contributed by atoms with van der Waals surface area (Å²) in [5.74, 6) is 1.40. The normalized spacial score (nSPS) is 13.6. The van der Waals surface area contributed by atoms with E-state index < -0.39 is 0 Å². The lowest BCUT2D eigenvalue weighted by atomic mass is 10.1. The quantitative estimate of drug-likeness (QED) is 0.595. The number of benzene rings is 1. The Morgan fingerprint density at radius 2 is 2.38 bits per heavy atom. The minimum Gasteiger partial charge on any atom is -0.467 e. The molecule has 1 aliphatic heterocycles. The van der Waals surface area contributed by atoms with Crippen molar-refractivity contribution >= 4 is 23.4 Å². The molecule has 1 aromatic carbocycles. The molecule has 0 radical (unpaired) electrons. The van der Waals surface area contributed by atoms with Gasteiger partial charge in [-0.2, -0.15) is 0 Å². The number of aromatic nitrogens is 3. The highest BCUT2D eigenvalue weighted by Gasteiger charge is 2.18. The molecule has 0 bridgehead atoms. The first kappa shape index (κ1) is 17.3. The Hall–Kier alpha value is -1.48. The van der Waals surface area contributed by atoms with Crippen LogP contribution in [0.5, 0.6) is 5.75 Å². The Balaban J connectivity index is 1.75. The molecule has 3 rings (SSSR count). The molecule has 0 fully saturated rings. The van der Waals surface area contributed by atoms with Crippen molar-refractivity contribution in [2.24, 2.45) is 0 Å². The second-order valence-electron chi connectivity index (χ2n) is 5.26. The Morgan fingerprint density at radius 1 is 1.50 bits per heavy atom. The maximum absolute atomic E-state index is 11.9. The first-order chi connectivity index (χ1) is 11.7. The van der Waals surface area contributed by atoms with Crippen LogP contribution in [0.4, 0.5) is 0 Å². The van der Waals surface area contributed by atoms with E-state index in [9.17, 15) is 4.79 Å². The molecule has 0 amide bonds. The SMILES string of the molecule is COCCCn1c(SCc2cc(Cl)cc3c2OCOC3)n[nH]c1=O. The molecule has 2 heterocycles. The van der Waals surface area contributed by atoms with Gasteiger partial charge in [0.05, 0.1) is 6.61 Å². The third-order valence-electron chi connectivity index (χ3n) is 3.56. The largest absolute Gasteiger partial charge is 0.467 e. The van der Waals surface area contributed by atoms with Gasteiger partial charge in [0.25, 0.3) is 0 Å². The molecule has 0 spiro atoms. The number of halogens is 1. The second kappa shape index (κ2) is 8.06. The summed E-state index contributed by atoms with van der Waals surface area (Å²) in [6, 6.07) is 3.72. The fourth-order valence-corrected chi connectivity index (χ4v) is 3.69. The summed E-state index contributed by atoms with van der Waals surface area (Å²) in [7, 11) is 1.64. The highest BCUT2D eigenvalue weighted by atomic mass is 35.5. The molecule has 7 nitrogen and oxygen atoms in total. The summed E-state index contributed by atoms with van der Waals surface area (Å²) in [6.07, 6.45) is 0.747. The molecule has 1 N–H and O–H groups in total. The van der Waals surface area contributed by atoms with Gasteiger partial charge < -0.3 is 14.2 Å². The van der Waals surface area contributed by atoms with Gasteiger partial charge >= 0.3 is 5.69 Å². The lowest BCUT2D eigenvalue weighted by Crippen LogP contribution is -2.18. The van der Waals surface area contributed by atoms with Crippen molar-refractivity contribution < 1.29 is 14.2 Å². The van der Waals surface area contributed by atoms with Crippen LogP contribution in [0.2, 0.25) is 5.02 Å². The number of thioether (sulfide) groups is 1. The van der Waals surface area contributed by atoms with Crippen molar-refractivity contribution in [1.29, 1.82) is 0 Å². The standard InChI is InChI=1S/C15H18ClN3O4S/c1-21-4-2-3-19-14(20)17-18-15(19)24-8-11-6-12(16)5-10-7-22-9-23-13(10)11/h5-6H,2-4,7-9H2,1H3,(H,17,20). The van der Waals surface area contributed by atoms with Crippen molar-refractivity contribution in [2.45, 2.75) is 30.5 Å². The fraction of sp³-hybridized carbons (Fsp3) is 0.467. The lowest BCUT2D eigenvalue weighted by molar-refractivity contribution is -0.0168. The van der Waals surface area contributed by atoms with Gasteiger partial charge in [-0.3, -0.25) is 4.57 Å². The van der Waals surface area contributed by atoms with E-state index in [1.165, 1.54) is 11.8 Å². The van der Waals surface area contributed by atoms with Gasteiger partial charge in [-0.05, 0) is 18.6 Å². The Kier molecular flexibility index (Phi) is 5.83. The Bertz CT molecular complexity index is 762. The molecule has 24 heavy (non-hydrogen) atoms. The van der Waals surface area contributed by atoms with Crippen molar-refractivity contribution in [1.82, 2.24) is 14.8 Å². The van der Waals surface area contributed by atoms with Crippen LogP contribution < -0.4 is 10.4 Å². The van der Waals surface area contributed by atoms with Gasteiger partial charge in [-0.25, -0.2) is 9.89 Å². The number of nitrogens with one attached hydrogen (secondary N) is 1. The van der Waals surface area contributed by atoms with E-state index in [1.54, 1.807) is 11.7 Å². The van der Waals surface area contributed by atoms with Crippen LogP contribution in [0.25, 0.3) is 0 Å². The number of aromatic amines is 1. The van der Waals surface area contributed by atoms with Crippen LogP contribution in [0.15, 0.2) is 22.1 Å². The van der Waals surface area contributed by atoms with Gasteiger partial charge in [0.1, 0.15) is 5.75 Å². The van der Waals surface area contributed by atoms with Crippen LogP contribution in [-0.4, -0.2) is 35.3 Å². The fourth-order valence-electron chi connectivity index (χ4n) is 2.48. The average Bonchev–Trinajstić information content (AvgIpc) is 2.93. The first-order valence-electron chi connectivity index (χ1n) is 7.48. The molecular weight excluding hydrogens is 354 g/mol. The summed E-state index contributed by atoms with van der Waals surface area (Å²) in [5, 5.41) is 7.86. The molecule has 0 saturated carbocycles. The number of rotatable bonds is 7. The molecule has 130 valence electrons. The van der Waals surface area contributed by atoms with Crippen molar-refractivity contribution in [2.75, 3.05) is 20.5 Å². The molecule has 0 aliphatic carbocycles. The zero-order chi connectivity index (χ0) is 16.9. The third kappa shape index (κ3) is 3.94.